The van der Waals surface area contributed by atoms with Gasteiger partial charge in [-0.3, -0.25) is 19.3 Å². The largest absolute Gasteiger partial charge is 0.494 e. The lowest BCUT2D eigenvalue weighted by Gasteiger charge is -2.16. The predicted octanol–water partition coefficient (Wildman–Crippen LogP) is 1.47. The number of anilines is 1. The van der Waals surface area contributed by atoms with Gasteiger partial charge in [0.1, 0.15) is 12.3 Å². The first kappa shape index (κ1) is 18.4. The number of ether oxygens (including phenoxy) is 1. The summed E-state index contributed by atoms with van der Waals surface area (Å²) in [6.45, 7) is 5.68. The second-order valence-corrected chi connectivity index (χ2v) is 5.99. The van der Waals surface area contributed by atoms with Crippen LogP contribution in [0.1, 0.15) is 20.8 Å². The Kier molecular flexibility index (Phi) is 5.74. The van der Waals surface area contributed by atoms with Crippen molar-refractivity contribution < 1.29 is 23.9 Å². The Labute approximate surface area is 145 Å². The molecule has 5 amide bonds. The number of carbonyl (C=O) groups excluding carboxylic acids is 4. The molecule has 2 rings (SSSR count). The monoisotopic (exact) mass is 347 g/mol. The molecule has 134 valence electrons. The Morgan fingerprint density at radius 1 is 1.08 bits per heavy atom. The Balaban J connectivity index is 1.98. The summed E-state index contributed by atoms with van der Waals surface area (Å²) in [5.41, 5.74) is 0.498. The molecule has 8 heteroatoms. The SMILES string of the molecule is CCOc1ccc(NC(=O)CN2C(=O)C(=O)N(CC(C)C)C2=O)cc1. The quantitative estimate of drug-likeness (QED) is 0.595. The lowest BCUT2D eigenvalue weighted by molar-refractivity contribution is -0.143. The average molecular weight is 347 g/mol. The van der Waals surface area contributed by atoms with Gasteiger partial charge in [-0.25, -0.2) is 9.69 Å². The molecule has 25 heavy (non-hydrogen) atoms. The fourth-order valence-corrected chi connectivity index (χ4v) is 2.36. The number of hydrogen-bond donors (Lipinski definition) is 1. The molecule has 1 aliphatic heterocycles. The van der Waals surface area contributed by atoms with Crippen molar-refractivity contribution >= 4 is 29.4 Å². The molecule has 1 aromatic carbocycles. The fraction of sp³-hybridized carbons (Fsp3) is 0.412. The molecule has 1 fully saturated rings. The number of imide groups is 2. The minimum Gasteiger partial charge on any atom is -0.494 e. The number of nitrogens with one attached hydrogen (secondary N) is 1. The van der Waals surface area contributed by atoms with Gasteiger partial charge >= 0.3 is 17.8 Å². The van der Waals surface area contributed by atoms with E-state index in [0.717, 1.165) is 4.90 Å². The molecule has 0 aromatic heterocycles. The Morgan fingerprint density at radius 3 is 2.24 bits per heavy atom. The number of carbonyl (C=O) groups is 4. The third-order valence-corrected chi connectivity index (χ3v) is 3.43. The van der Waals surface area contributed by atoms with E-state index in [4.69, 9.17) is 4.74 Å². The molecule has 1 aromatic rings. The van der Waals surface area contributed by atoms with Crippen LogP contribution in [0.25, 0.3) is 0 Å². The van der Waals surface area contributed by atoms with Crippen molar-refractivity contribution in [2.24, 2.45) is 5.92 Å². The molecule has 8 nitrogen and oxygen atoms in total. The van der Waals surface area contributed by atoms with Gasteiger partial charge in [-0.15, -0.1) is 0 Å². The number of rotatable bonds is 7. The van der Waals surface area contributed by atoms with E-state index in [1.165, 1.54) is 0 Å². The van der Waals surface area contributed by atoms with Gasteiger partial charge in [0.05, 0.1) is 6.61 Å². The Bertz CT molecular complexity index is 684. The van der Waals surface area contributed by atoms with Crippen LogP contribution < -0.4 is 10.1 Å². The summed E-state index contributed by atoms with van der Waals surface area (Å²) in [6, 6.07) is 5.92. The van der Waals surface area contributed by atoms with E-state index in [1.54, 1.807) is 24.3 Å². The van der Waals surface area contributed by atoms with E-state index in [9.17, 15) is 19.2 Å². The highest BCUT2D eigenvalue weighted by Crippen LogP contribution is 2.17. The van der Waals surface area contributed by atoms with Gasteiger partial charge in [-0.05, 0) is 37.1 Å². The maximum atomic E-state index is 12.2. The Hall–Kier alpha value is -2.90. The molecular weight excluding hydrogens is 326 g/mol. The summed E-state index contributed by atoms with van der Waals surface area (Å²) in [6.07, 6.45) is 0. The van der Waals surface area contributed by atoms with Crippen LogP contribution in [0.4, 0.5) is 10.5 Å². The molecule has 1 N–H and O–H groups in total. The first-order chi connectivity index (χ1) is 11.8. The second kappa shape index (κ2) is 7.78. The third kappa shape index (κ3) is 4.34. The highest BCUT2D eigenvalue weighted by molar-refractivity contribution is 6.45. The summed E-state index contributed by atoms with van der Waals surface area (Å²) in [5, 5.41) is 2.58. The van der Waals surface area contributed by atoms with Crippen LogP contribution in [0.5, 0.6) is 5.75 Å². The lowest BCUT2D eigenvalue weighted by atomic mass is 10.2. The van der Waals surface area contributed by atoms with Crippen LogP contribution in [0.15, 0.2) is 24.3 Å². The van der Waals surface area contributed by atoms with Crippen LogP contribution in [0.2, 0.25) is 0 Å². The predicted molar refractivity (Wildman–Crippen MR) is 89.9 cm³/mol. The molecule has 0 bridgehead atoms. The molecular formula is C17H21N3O5. The normalized spacial score (nSPS) is 14.5. The molecule has 1 saturated heterocycles. The molecule has 0 unspecified atom stereocenters. The van der Waals surface area contributed by atoms with Crippen LogP contribution in [-0.4, -0.2) is 53.2 Å². The van der Waals surface area contributed by atoms with Gasteiger partial charge in [0.2, 0.25) is 5.91 Å². The topological polar surface area (TPSA) is 96.0 Å². The molecule has 0 atom stereocenters. The Morgan fingerprint density at radius 2 is 1.68 bits per heavy atom. The van der Waals surface area contributed by atoms with E-state index < -0.39 is 30.3 Å². The standard InChI is InChI=1S/C17H21N3O5/c1-4-25-13-7-5-12(6-8-13)18-14(21)10-20-16(23)15(22)19(17(20)24)9-11(2)3/h5-8,11H,4,9-10H2,1-3H3,(H,18,21). The summed E-state index contributed by atoms with van der Waals surface area (Å²) < 4.78 is 5.30. The van der Waals surface area contributed by atoms with Gasteiger partial charge in [0.25, 0.3) is 0 Å². The van der Waals surface area contributed by atoms with Crippen LogP contribution in [0.3, 0.4) is 0 Å². The smallest absolute Gasteiger partial charge is 0.334 e. The fourth-order valence-electron chi connectivity index (χ4n) is 2.36. The van der Waals surface area contributed by atoms with Crippen molar-refractivity contribution in [1.82, 2.24) is 9.80 Å². The van der Waals surface area contributed by atoms with E-state index in [0.29, 0.717) is 22.9 Å². The van der Waals surface area contributed by atoms with Crippen LogP contribution >= 0.6 is 0 Å². The average Bonchev–Trinajstić information content (AvgIpc) is 2.74. The van der Waals surface area contributed by atoms with Crippen molar-refractivity contribution in [3.8, 4) is 5.75 Å². The summed E-state index contributed by atoms with van der Waals surface area (Å²) in [4.78, 5) is 49.6. The summed E-state index contributed by atoms with van der Waals surface area (Å²) >= 11 is 0. The van der Waals surface area contributed by atoms with Gasteiger partial charge < -0.3 is 10.1 Å². The van der Waals surface area contributed by atoms with Gasteiger partial charge in [-0.1, -0.05) is 13.8 Å². The van der Waals surface area contributed by atoms with Crippen LogP contribution in [-0.2, 0) is 14.4 Å². The van der Waals surface area contributed by atoms with E-state index in [-0.39, 0.29) is 12.5 Å². The van der Waals surface area contributed by atoms with Crippen molar-refractivity contribution in [3.63, 3.8) is 0 Å². The first-order valence-electron chi connectivity index (χ1n) is 8.03. The maximum absolute atomic E-state index is 12.2. The number of hydrogen-bond acceptors (Lipinski definition) is 5. The first-order valence-corrected chi connectivity index (χ1v) is 8.03. The lowest BCUT2D eigenvalue weighted by Crippen LogP contribution is -2.39. The number of nitrogens with zero attached hydrogens (tertiary/aromatic N) is 2. The molecule has 0 aliphatic carbocycles. The molecule has 1 aliphatic rings. The highest BCUT2D eigenvalue weighted by Gasteiger charge is 2.45. The number of amides is 5. The zero-order valence-electron chi connectivity index (χ0n) is 14.4. The highest BCUT2D eigenvalue weighted by atomic mass is 16.5. The van der Waals surface area contributed by atoms with Crippen molar-refractivity contribution in [2.45, 2.75) is 20.8 Å². The second-order valence-electron chi connectivity index (χ2n) is 5.99. The van der Waals surface area contributed by atoms with Crippen molar-refractivity contribution in [1.29, 1.82) is 0 Å². The van der Waals surface area contributed by atoms with Crippen molar-refractivity contribution in [2.75, 3.05) is 25.0 Å². The summed E-state index contributed by atoms with van der Waals surface area (Å²) in [5.74, 6) is -1.75. The number of benzene rings is 1. The van der Waals surface area contributed by atoms with E-state index in [1.807, 2.05) is 20.8 Å². The van der Waals surface area contributed by atoms with E-state index in [2.05, 4.69) is 5.32 Å². The van der Waals surface area contributed by atoms with Gasteiger partial charge in [-0.2, -0.15) is 0 Å². The molecule has 0 radical (unpaired) electrons. The minimum absolute atomic E-state index is 0.0262. The number of urea groups is 1. The van der Waals surface area contributed by atoms with Gasteiger partial charge in [0, 0.05) is 12.2 Å². The van der Waals surface area contributed by atoms with Crippen LogP contribution in [0, 0.1) is 5.92 Å². The third-order valence-electron chi connectivity index (χ3n) is 3.43. The zero-order valence-corrected chi connectivity index (χ0v) is 14.4. The van der Waals surface area contributed by atoms with Gasteiger partial charge in [0.15, 0.2) is 0 Å². The van der Waals surface area contributed by atoms with E-state index >= 15 is 0 Å². The summed E-state index contributed by atoms with van der Waals surface area (Å²) in [7, 11) is 0. The maximum Gasteiger partial charge on any atom is 0.334 e. The molecule has 0 saturated carbocycles. The molecule has 1 heterocycles. The minimum atomic E-state index is -0.979. The zero-order chi connectivity index (χ0) is 18.6. The van der Waals surface area contributed by atoms with Crippen molar-refractivity contribution in [3.05, 3.63) is 24.3 Å². The molecule has 0 spiro atoms.